The average molecular weight is 164 g/mol. The third kappa shape index (κ3) is 1.01. The Morgan fingerprint density at radius 2 is 2.50 bits per heavy atom. The quantitative estimate of drug-likeness (QED) is 0.464. The molecule has 1 atom stereocenters. The van der Waals surface area contributed by atoms with Crippen molar-refractivity contribution in [1.82, 2.24) is 5.32 Å². The molecule has 0 spiro atoms. The fraction of sp³-hybridized carbons (Fsp3) is 0.250. The number of nitrogens with one attached hydrogen (secondary N) is 1. The molecule has 4 nitrogen and oxygen atoms in total. The van der Waals surface area contributed by atoms with Crippen LogP contribution in [0.25, 0.3) is 0 Å². The van der Waals surface area contributed by atoms with E-state index in [1.165, 1.54) is 0 Å². The van der Waals surface area contributed by atoms with E-state index in [9.17, 15) is 10.1 Å². The first kappa shape index (κ1) is 7.09. The van der Waals surface area contributed by atoms with Crippen molar-refractivity contribution in [2.24, 2.45) is 0 Å². The van der Waals surface area contributed by atoms with Crippen molar-refractivity contribution in [3.8, 4) is 0 Å². The smallest absolute Gasteiger partial charge is 0.265 e. The van der Waals surface area contributed by atoms with Gasteiger partial charge in [-0.25, -0.2) is 0 Å². The minimum absolute atomic E-state index is 0.203. The molecular formula is C8H8N2O2. The molecule has 4 heteroatoms. The van der Waals surface area contributed by atoms with E-state index < -0.39 is 0 Å². The maximum Gasteiger partial charge on any atom is 0.265 e. The van der Waals surface area contributed by atoms with Gasteiger partial charge in [0.15, 0.2) is 0 Å². The maximum atomic E-state index is 10.4. The molecular weight excluding hydrogens is 156 g/mol. The Kier molecular flexibility index (Phi) is 1.46. The molecule has 62 valence electrons. The lowest BCUT2D eigenvalue weighted by Gasteiger charge is -2.13. The Morgan fingerprint density at radius 3 is 3.25 bits per heavy atom. The zero-order valence-electron chi connectivity index (χ0n) is 6.36. The first-order valence-electron chi connectivity index (χ1n) is 3.76. The third-order valence-corrected chi connectivity index (χ3v) is 2.06. The predicted molar refractivity (Wildman–Crippen MR) is 43.8 cm³/mol. The molecule has 0 amide bonds. The summed E-state index contributed by atoms with van der Waals surface area (Å²) in [5, 5.41) is 13.5. The molecule has 0 saturated carbocycles. The fourth-order valence-electron chi connectivity index (χ4n) is 1.42. The molecule has 1 heterocycles. The summed E-state index contributed by atoms with van der Waals surface area (Å²) in [4.78, 5) is 10.0. The van der Waals surface area contributed by atoms with E-state index in [0.717, 1.165) is 5.57 Å². The standard InChI is InChI=1S/C8H8N2O2/c11-10(12)7-1-2-8-6(5-7)3-4-9-8/h1,3-5,8-9H,2H2. The van der Waals surface area contributed by atoms with Gasteiger partial charge < -0.3 is 5.32 Å². The highest BCUT2D eigenvalue weighted by molar-refractivity contribution is 5.38. The Balaban J connectivity index is 2.28. The lowest BCUT2D eigenvalue weighted by molar-refractivity contribution is -0.419. The van der Waals surface area contributed by atoms with Gasteiger partial charge in [0.1, 0.15) is 0 Å². The van der Waals surface area contributed by atoms with E-state index in [1.54, 1.807) is 12.2 Å². The van der Waals surface area contributed by atoms with Crippen molar-refractivity contribution in [2.45, 2.75) is 12.5 Å². The molecule has 0 aromatic rings. The molecule has 1 N–H and O–H groups in total. The second-order valence-corrected chi connectivity index (χ2v) is 2.82. The third-order valence-electron chi connectivity index (χ3n) is 2.06. The highest BCUT2D eigenvalue weighted by atomic mass is 16.6. The van der Waals surface area contributed by atoms with Gasteiger partial charge in [0.2, 0.25) is 0 Å². The van der Waals surface area contributed by atoms with Crippen LogP contribution in [0.1, 0.15) is 6.42 Å². The first-order chi connectivity index (χ1) is 5.77. The van der Waals surface area contributed by atoms with Crippen LogP contribution in [0.15, 0.2) is 35.7 Å². The minimum atomic E-state index is -0.352. The zero-order valence-corrected chi connectivity index (χ0v) is 6.36. The predicted octanol–water partition coefficient (Wildman–Crippen LogP) is 0.963. The average Bonchev–Trinajstić information content (AvgIpc) is 2.49. The Morgan fingerprint density at radius 1 is 1.67 bits per heavy atom. The second kappa shape index (κ2) is 2.48. The van der Waals surface area contributed by atoms with Gasteiger partial charge in [-0.2, -0.15) is 0 Å². The summed E-state index contributed by atoms with van der Waals surface area (Å²) in [6.45, 7) is 0. The van der Waals surface area contributed by atoms with Gasteiger partial charge in [0, 0.05) is 6.08 Å². The van der Waals surface area contributed by atoms with Crippen LogP contribution in [0.3, 0.4) is 0 Å². The van der Waals surface area contributed by atoms with Crippen molar-refractivity contribution < 1.29 is 4.92 Å². The molecule has 1 aliphatic heterocycles. The van der Waals surface area contributed by atoms with Crippen molar-refractivity contribution in [2.75, 3.05) is 0 Å². The van der Waals surface area contributed by atoms with Gasteiger partial charge in [-0.1, -0.05) is 0 Å². The van der Waals surface area contributed by atoms with Crippen LogP contribution in [-0.2, 0) is 0 Å². The number of fused-ring (bicyclic) bond motifs is 1. The number of nitro groups is 1. The Hall–Kier alpha value is -1.58. The second-order valence-electron chi connectivity index (χ2n) is 2.82. The molecule has 0 aromatic heterocycles. The monoisotopic (exact) mass is 164 g/mol. The Labute approximate surface area is 69.4 Å². The van der Waals surface area contributed by atoms with Crippen molar-refractivity contribution in [3.05, 3.63) is 45.8 Å². The molecule has 1 aliphatic carbocycles. The molecule has 0 bridgehead atoms. The van der Waals surface area contributed by atoms with Crippen LogP contribution in [0.5, 0.6) is 0 Å². The molecule has 1 unspecified atom stereocenters. The van der Waals surface area contributed by atoms with E-state index in [4.69, 9.17) is 0 Å². The summed E-state index contributed by atoms with van der Waals surface area (Å²) in [6.07, 6.45) is 7.67. The lowest BCUT2D eigenvalue weighted by Crippen LogP contribution is -2.22. The minimum Gasteiger partial charge on any atom is -0.384 e. The summed E-state index contributed by atoms with van der Waals surface area (Å²) in [6, 6.07) is 0.258. The molecule has 12 heavy (non-hydrogen) atoms. The molecule has 0 fully saturated rings. The van der Waals surface area contributed by atoms with E-state index in [1.807, 2.05) is 12.3 Å². The largest absolute Gasteiger partial charge is 0.384 e. The fourth-order valence-corrected chi connectivity index (χ4v) is 1.42. The number of allylic oxidation sites excluding steroid dienone is 1. The Bertz CT molecular complexity index is 315. The van der Waals surface area contributed by atoms with Crippen LogP contribution in [-0.4, -0.2) is 11.0 Å². The highest BCUT2D eigenvalue weighted by Crippen LogP contribution is 2.22. The topological polar surface area (TPSA) is 55.2 Å². The van der Waals surface area contributed by atoms with E-state index in [-0.39, 0.29) is 16.7 Å². The molecule has 2 aliphatic rings. The van der Waals surface area contributed by atoms with Gasteiger partial charge in [0.05, 0.1) is 11.0 Å². The van der Waals surface area contributed by atoms with Crippen LogP contribution < -0.4 is 5.32 Å². The summed E-state index contributed by atoms with van der Waals surface area (Å²) in [7, 11) is 0. The van der Waals surface area contributed by atoms with Gasteiger partial charge in [-0.3, -0.25) is 10.1 Å². The summed E-state index contributed by atoms with van der Waals surface area (Å²) < 4.78 is 0. The van der Waals surface area contributed by atoms with Gasteiger partial charge in [-0.15, -0.1) is 0 Å². The summed E-state index contributed by atoms with van der Waals surface area (Å²) in [5.41, 5.74) is 1.21. The van der Waals surface area contributed by atoms with Crippen LogP contribution in [0.2, 0.25) is 0 Å². The van der Waals surface area contributed by atoms with Crippen LogP contribution in [0, 0.1) is 10.1 Å². The van der Waals surface area contributed by atoms with E-state index in [2.05, 4.69) is 5.32 Å². The van der Waals surface area contributed by atoms with Gasteiger partial charge in [-0.05, 0) is 30.3 Å². The van der Waals surface area contributed by atoms with Crippen LogP contribution in [0.4, 0.5) is 0 Å². The number of hydrogen-bond acceptors (Lipinski definition) is 3. The zero-order chi connectivity index (χ0) is 8.55. The van der Waals surface area contributed by atoms with Gasteiger partial charge in [0.25, 0.3) is 5.70 Å². The van der Waals surface area contributed by atoms with Crippen LogP contribution >= 0.6 is 0 Å². The number of hydrogen-bond donors (Lipinski definition) is 1. The lowest BCUT2D eigenvalue weighted by atomic mass is 10.00. The highest BCUT2D eigenvalue weighted by Gasteiger charge is 2.22. The molecule has 0 aromatic carbocycles. The molecule has 2 rings (SSSR count). The van der Waals surface area contributed by atoms with Crippen molar-refractivity contribution in [1.29, 1.82) is 0 Å². The normalized spacial score (nSPS) is 25.5. The molecule has 0 saturated heterocycles. The summed E-state index contributed by atoms with van der Waals surface area (Å²) in [5.74, 6) is 0. The number of rotatable bonds is 1. The SMILES string of the molecule is O=[N+]([O-])C1=CCC2NC=CC2=C1. The maximum absolute atomic E-state index is 10.4. The first-order valence-corrected chi connectivity index (χ1v) is 3.76. The van der Waals surface area contributed by atoms with Gasteiger partial charge >= 0.3 is 0 Å². The van der Waals surface area contributed by atoms with Crippen molar-refractivity contribution >= 4 is 0 Å². The number of nitrogens with zero attached hydrogens (tertiary/aromatic N) is 1. The van der Waals surface area contributed by atoms with E-state index in [0.29, 0.717) is 6.42 Å². The summed E-state index contributed by atoms with van der Waals surface area (Å²) >= 11 is 0. The van der Waals surface area contributed by atoms with Crippen molar-refractivity contribution in [3.63, 3.8) is 0 Å². The molecule has 0 radical (unpaired) electrons. The van der Waals surface area contributed by atoms with E-state index >= 15 is 0 Å².